The average Bonchev–Trinajstić information content (AvgIpc) is 3.38. The first kappa shape index (κ1) is 22.4. The van der Waals surface area contributed by atoms with Gasteiger partial charge in [0.15, 0.2) is 0 Å². The normalized spacial score (nSPS) is 47.8. The molecule has 5 fully saturated rings. The van der Waals surface area contributed by atoms with Crippen molar-refractivity contribution in [2.45, 2.75) is 104 Å². The standard InChI is InChI=1S/C28H49N3/c1-20(30-19-31(4)18-22-9-7-17-29-22)24-12-13-25-23-11-10-21-8-5-6-15-27(21,2)26(23)14-16-28(24,25)3/h21-26,29H,5-19H2,1-4H3/b30-20+. The molecule has 0 aromatic rings. The molecule has 3 heteroatoms. The van der Waals surface area contributed by atoms with E-state index < -0.39 is 0 Å². The highest BCUT2D eigenvalue weighted by Gasteiger charge is 2.59. The molecule has 0 bridgehead atoms. The lowest BCUT2D eigenvalue weighted by Crippen LogP contribution is -2.53. The number of hydrogen-bond donors (Lipinski definition) is 1. The minimum Gasteiger partial charge on any atom is -0.313 e. The van der Waals surface area contributed by atoms with Gasteiger partial charge in [0.1, 0.15) is 0 Å². The van der Waals surface area contributed by atoms with Gasteiger partial charge in [-0.2, -0.15) is 0 Å². The van der Waals surface area contributed by atoms with E-state index in [1.54, 1.807) is 0 Å². The van der Waals surface area contributed by atoms with E-state index in [1.807, 2.05) is 0 Å². The molecule has 1 saturated heterocycles. The van der Waals surface area contributed by atoms with Crippen LogP contribution in [0.3, 0.4) is 0 Å². The second-order valence-corrected chi connectivity index (χ2v) is 12.8. The molecule has 1 heterocycles. The number of fused-ring (bicyclic) bond motifs is 5. The molecule has 5 aliphatic rings. The number of nitrogens with one attached hydrogen (secondary N) is 1. The fraction of sp³-hybridized carbons (Fsp3) is 0.964. The monoisotopic (exact) mass is 427 g/mol. The zero-order chi connectivity index (χ0) is 21.6. The van der Waals surface area contributed by atoms with Crippen LogP contribution in [-0.4, -0.2) is 43.5 Å². The number of nitrogens with zero attached hydrogens (tertiary/aromatic N) is 2. The van der Waals surface area contributed by atoms with Gasteiger partial charge in [0.05, 0.1) is 6.67 Å². The Kier molecular flexibility index (Phi) is 6.32. The van der Waals surface area contributed by atoms with Gasteiger partial charge in [-0.25, -0.2) is 0 Å². The average molecular weight is 428 g/mol. The fourth-order valence-corrected chi connectivity index (χ4v) is 9.67. The first-order chi connectivity index (χ1) is 14.9. The molecule has 3 nitrogen and oxygen atoms in total. The van der Waals surface area contributed by atoms with E-state index in [-0.39, 0.29) is 0 Å². The summed E-state index contributed by atoms with van der Waals surface area (Å²) < 4.78 is 0. The van der Waals surface area contributed by atoms with E-state index in [1.165, 1.54) is 89.3 Å². The molecule has 5 rings (SSSR count). The molecule has 0 aromatic carbocycles. The van der Waals surface area contributed by atoms with Crippen molar-refractivity contribution in [1.29, 1.82) is 0 Å². The lowest BCUT2D eigenvalue weighted by atomic mass is 9.45. The first-order valence-electron chi connectivity index (χ1n) is 13.8. The van der Waals surface area contributed by atoms with Gasteiger partial charge in [-0.15, -0.1) is 0 Å². The lowest BCUT2D eigenvalue weighted by Gasteiger charge is -2.60. The van der Waals surface area contributed by atoms with Gasteiger partial charge in [0.2, 0.25) is 0 Å². The maximum Gasteiger partial charge on any atom is 0.0906 e. The van der Waals surface area contributed by atoms with E-state index >= 15 is 0 Å². The second-order valence-electron chi connectivity index (χ2n) is 12.8. The van der Waals surface area contributed by atoms with Crippen molar-refractivity contribution in [1.82, 2.24) is 10.2 Å². The van der Waals surface area contributed by atoms with Gasteiger partial charge in [0.25, 0.3) is 0 Å². The molecule has 31 heavy (non-hydrogen) atoms. The maximum atomic E-state index is 5.18. The highest BCUT2D eigenvalue weighted by atomic mass is 15.2. The van der Waals surface area contributed by atoms with Crippen LogP contribution in [0.2, 0.25) is 0 Å². The zero-order valence-corrected chi connectivity index (χ0v) is 21.0. The third-order valence-electron chi connectivity index (χ3n) is 11.3. The number of rotatable bonds is 5. The molecule has 1 N–H and O–H groups in total. The van der Waals surface area contributed by atoms with Gasteiger partial charge in [0, 0.05) is 24.2 Å². The largest absolute Gasteiger partial charge is 0.313 e. The Labute approximate surface area is 192 Å². The summed E-state index contributed by atoms with van der Waals surface area (Å²) in [6.07, 6.45) is 17.6. The van der Waals surface area contributed by atoms with E-state index in [9.17, 15) is 0 Å². The summed E-state index contributed by atoms with van der Waals surface area (Å²) in [7, 11) is 2.25. The van der Waals surface area contributed by atoms with Crippen LogP contribution >= 0.6 is 0 Å². The Hall–Kier alpha value is -0.410. The third-order valence-corrected chi connectivity index (χ3v) is 11.3. The zero-order valence-electron chi connectivity index (χ0n) is 21.0. The molecular formula is C28H49N3. The number of likely N-dealkylation sites (N-methyl/N-ethyl adjacent to an activating group) is 1. The Balaban J connectivity index is 1.25. The van der Waals surface area contributed by atoms with Crippen molar-refractivity contribution in [3.8, 4) is 0 Å². The summed E-state index contributed by atoms with van der Waals surface area (Å²) in [5, 5.41) is 3.63. The molecule has 0 spiro atoms. The van der Waals surface area contributed by atoms with Crippen LogP contribution in [0.15, 0.2) is 4.99 Å². The number of hydrogen-bond acceptors (Lipinski definition) is 3. The van der Waals surface area contributed by atoms with Crippen LogP contribution in [0.25, 0.3) is 0 Å². The van der Waals surface area contributed by atoms with Crippen LogP contribution < -0.4 is 5.32 Å². The minimum atomic E-state index is 0.512. The lowest BCUT2D eigenvalue weighted by molar-refractivity contribution is -0.106. The minimum absolute atomic E-state index is 0.512. The van der Waals surface area contributed by atoms with Crippen LogP contribution in [0.4, 0.5) is 0 Å². The second kappa shape index (κ2) is 8.75. The van der Waals surface area contributed by atoms with Crippen LogP contribution in [-0.2, 0) is 0 Å². The molecule has 4 aliphatic carbocycles. The molecule has 8 unspecified atom stereocenters. The summed E-state index contributed by atoms with van der Waals surface area (Å²) in [4.78, 5) is 7.62. The topological polar surface area (TPSA) is 27.6 Å². The quantitative estimate of drug-likeness (QED) is 0.534. The van der Waals surface area contributed by atoms with Gasteiger partial charge in [-0.05, 0) is 119 Å². The van der Waals surface area contributed by atoms with Crippen molar-refractivity contribution >= 4 is 5.71 Å². The molecular weight excluding hydrogens is 378 g/mol. The molecule has 0 aromatic heterocycles. The molecule has 8 atom stereocenters. The first-order valence-corrected chi connectivity index (χ1v) is 13.8. The summed E-state index contributed by atoms with van der Waals surface area (Å²) in [5.41, 5.74) is 2.64. The molecule has 0 amide bonds. The smallest absolute Gasteiger partial charge is 0.0906 e. The van der Waals surface area contributed by atoms with Crippen molar-refractivity contribution in [2.24, 2.45) is 45.4 Å². The summed E-state index contributed by atoms with van der Waals surface area (Å²) in [6.45, 7) is 11.0. The van der Waals surface area contributed by atoms with E-state index in [0.717, 1.165) is 42.8 Å². The Morgan fingerprint density at radius 3 is 2.55 bits per heavy atom. The summed E-state index contributed by atoms with van der Waals surface area (Å²) in [6, 6.07) is 0.681. The third kappa shape index (κ3) is 3.94. The molecule has 176 valence electrons. The van der Waals surface area contributed by atoms with Gasteiger partial charge < -0.3 is 5.32 Å². The Morgan fingerprint density at radius 1 is 0.903 bits per heavy atom. The SMILES string of the molecule is C/C(=N\CN(C)CC1CCCN1)C1CCC2C3CCC4CCCCC4(C)C3CCC12C. The predicted molar refractivity (Wildman–Crippen MR) is 131 cm³/mol. The van der Waals surface area contributed by atoms with Gasteiger partial charge in [-0.1, -0.05) is 26.7 Å². The summed E-state index contributed by atoms with van der Waals surface area (Å²) in [5.74, 6) is 4.75. The highest BCUT2D eigenvalue weighted by molar-refractivity contribution is 5.85. The van der Waals surface area contributed by atoms with Crippen LogP contribution in [0, 0.1) is 40.4 Å². The van der Waals surface area contributed by atoms with Crippen molar-refractivity contribution < 1.29 is 0 Å². The maximum absolute atomic E-state index is 5.18. The van der Waals surface area contributed by atoms with Crippen LogP contribution in [0.1, 0.15) is 97.8 Å². The van der Waals surface area contributed by atoms with Gasteiger partial charge in [-0.3, -0.25) is 9.89 Å². The molecule has 1 aliphatic heterocycles. The van der Waals surface area contributed by atoms with Crippen molar-refractivity contribution in [2.75, 3.05) is 26.8 Å². The van der Waals surface area contributed by atoms with Crippen molar-refractivity contribution in [3.05, 3.63) is 0 Å². The van der Waals surface area contributed by atoms with E-state index in [0.29, 0.717) is 16.9 Å². The fourth-order valence-electron chi connectivity index (χ4n) is 9.67. The van der Waals surface area contributed by atoms with Crippen LogP contribution in [0.5, 0.6) is 0 Å². The summed E-state index contributed by atoms with van der Waals surface area (Å²) >= 11 is 0. The van der Waals surface area contributed by atoms with Crippen molar-refractivity contribution in [3.63, 3.8) is 0 Å². The van der Waals surface area contributed by atoms with Gasteiger partial charge >= 0.3 is 0 Å². The molecule has 4 saturated carbocycles. The Morgan fingerprint density at radius 2 is 1.74 bits per heavy atom. The highest BCUT2D eigenvalue weighted by Crippen LogP contribution is 2.67. The van der Waals surface area contributed by atoms with E-state index in [2.05, 4.69) is 38.0 Å². The Bertz CT molecular complexity index is 667. The molecule has 0 radical (unpaired) electrons. The van der Waals surface area contributed by atoms with E-state index in [4.69, 9.17) is 4.99 Å². The number of aliphatic imine (C=N–C) groups is 1. The predicted octanol–water partition coefficient (Wildman–Crippen LogP) is 6.14.